The third-order valence-corrected chi connectivity index (χ3v) is 5.24. The lowest BCUT2D eigenvalue weighted by Crippen LogP contribution is -2.59. The molecule has 1 saturated carbocycles. The van der Waals surface area contributed by atoms with E-state index in [9.17, 15) is 14.7 Å². The highest BCUT2D eigenvalue weighted by atomic mass is 32.2. The van der Waals surface area contributed by atoms with Crippen LogP contribution in [-0.4, -0.2) is 39.4 Å². The molecule has 5 atom stereocenters. The van der Waals surface area contributed by atoms with E-state index >= 15 is 0 Å². The van der Waals surface area contributed by atoms with Gasteiger partial charge in [0.05, 0.1) is 0 Å². The van der Waals surface area contributed by atoms with Gasteiger partial charge in [-0.05, 0) is 6.92 Å². The molecule has 0 radical (unpaired) electrons. The minimum absolute atomic E-state index is 0.0158. The molecule has 3 rings (SSSR count). The van der Waals surface area contributed by atoms with Crippen LogP contribution in [0.5, 0.6) is 0 Å². The number of hydrogen-bond acceptors (Lipinski definition) is 6. The van der Waals surface area contributed by atoms with Crippen molar-refractivity contribution in [3.8, 4) is 0 Å². The lowest BCUT2D eigenvalue weighted by Gasteiger charge is -2.45. The van der Waals surface area contributed by atoms with Crippen LogP contribution < -0.4 is 0 Å². The van der Waals surface area contributed by atoms with E-state index in [2.05, 4.69) is 0 Å². The van der Waals surface area contributed by atoms with Crippen LogP contribution in [0.4, 0.5) is 0 Å². The van der Waals surface area contributed by atoms with Crippen LogP contribution in [-0.2, 0) is 19.1 Å². The number of thioether (sulfide) groups is 1. The molecular weight excluding hydrogens is 256 g/mol. The topological polar surface area (TPSA) is 72.8 Å². The Hall–Kier alpha value is -0.430. The van der Waals surface area contributed by atoms with Crippen molar-refractivity contribution >= 4 is 22.7 Å². The highest BCUT2D eigenvalue weighted by molar-refractivity contribution is 8.13. The molecule has 3 aliphatic rings. The maximum atomic E-state index is 12.1. The zero-order valence-corrected chi connectivity index (χ0v) is 11.2. The van der Waals surface area contributed by atoms with Gasteiger partial charge in [0.25, 0.3) is 0 Å². The first-order chi connectivity index (χ1) is 8.35. The fourth-order valence-electron chi connectivity index (χ4n) is 3.17. The number of fused-ring (bicyclic) bond motifs is 2. The van der Waals surface area contributed by atoms with E-state index < -0.39 is 17.7 Å². The molecule has 0 aromatic heterocycles. The van der Waals surface area contributed by atoms with E-state index in [1.54, 1.807) is 6.92 Å². The van der Waals surface area contributed by atoms with E-state index in [0.717, 1.165) is 0 Å². The van der Waals surface area contributed by atoms with Crippen LogP contribution >= 0.6 is 11.8 Å². The second-order valence-electron chi connectivity index (χ2n) is 5.54. The monoisotopic (exact) mass is 272 g/mol. The van der Waals surface area contributed by atoms with Gasteiger partial charge in [0.15, 0.2) is 17.2 Å². The van der Waals surface area contributed by atoms with E-state index in [1.807, 2.05) is 0 Å². The van der Waals surface area contributed by atoms with E-state index in [-0.39, 0.29) is 35.6 Å². The van der Waals surface area contributed by atoms with Crippen LogP contribution in [0, 0.1) is 11.8 Å². The Kier molecular flexibility index (Phi) is 2.65. The summed E-state index contributed by atoms with van der Waals surface area (Å²) in [5.74, 6) is -1.12. The average Bonchev–Trinajstić information content (AvgIpc) is 2.40. The van der Waals surface area contributed by atoms with Crippen molar-refractivity contribution in [3.63, 3.8) is 0 Å². The summed E-state index contributed by atoms with van der Waals surface area (Å²) in [6.45, 7) is 3.22. The molecule has 5 nitrogen and oxygen atoms in total. The lowest BCUT2D eigenvalue weighted by molar-refractivity contribution is -0.266. The number of Topliss-reactive ketones (excluding diaryl/α,β-unsaturated/α-hetero) is 1. The molecule has 3 bridgehead atoms. The minimum Gasteiger partial charge on any atom is -0.363 e. The zero-order chi connectivity index (χ0) is 13.1. The van der Waals surface area contributed by atoms with Gasteiger partial charge in [0, 0.05) is 37.4 Å². The first-order valence-corrected chi connectivity index (χ1v) is 7.07. The summed E-state index contributed by atoms with van der Waals surface area (Å²) in [5.41, 5.74) is -0.930. The maximum Gasteiger partial charge on any atom is 0.198 e. The van der Waals surface area contributed by atoms with Crippen molar-refractivity contribution in [3.05, 3.63) is 0 Å². The minimum atomic E-state index is -1.34. The Balaban J connectivity index is 1.87. The van der Waals surface area contributed by atoms with E-state index in [0.29, 0.717) is 5.75 Å². The summed E-state index contributed by atoms with van der Waals surface area (Å²) in [6.07, 6.45) is -0.106. The highest BCUT2D eigenvalue weighted by Gasteiger charge is 2.69. The number of hydrogen-bond donors (Lipinski definition) is 1. The summed E-state index contributed by atoms with van der Waals surface area (Å²) < 4.78 is 11.3. The molecule has 1 N–H and O–H groups in total. The number of ether oxygens (including phenoxy) is 2. The first kappa shape index (κ1) is 12.6. The molecule has 100 valence electrons. The molecule has 0 spiro atoms. The van der Waals surface area contributed by atoms with Crippen LogP contribution in [0.2, 0.25) is 0 Å². The summed E-state index contributed by atoms with van der Waals surface area (Å²) in [5, 5.41) is 10.4. The molecular formula is C12H16O5S. The van der Waals surface area contributed by atoms with Crippen molar-refractivity contribution in [1.29, 1.82) is 0 Å². The Morgan fingerprint density at radius 2 is 2.28 bits per heavy atom. The SMILES string of the molecule is CC(=O)SC[C@@H]1[C@H]2O[C@@]3(C)CC(=O)[C@@H]1C[C@]3(O)O2. The zero-order valence-electron chi connectivity index (χ0n) is 10.3. The van der Waals surface area contributed by atoms with Crippen molar-refractivity contribution in [1.82, 2.24) is 0 Å². The first-order valence-electron chi connectivity index (χ1n) is 6.09. The van der Waals surface area contributed by atoms with Gasteiger partial charge in [-0.1, -0.05) is 11.8 Å². The quantitative estimate of drug-likeness (QED) is 0.797. The third-order valence-electron chi connectivity index (χ3n) is 4.28. The van der Waals surface area contributed by atoms with Crippen molar-refractivity contribution in [2.75, 3.05) is 5.75 Å². The summed E-state index contributed by atoms with van der Waals surface area (Å²) in [4.78, 5) is 23.2. The van der Waals surface area contributed by atoms with E-state index in [4.69, 9.17) is 9.47 Å². The molecule has 2 heterocycles. The average molecular weight is 272 g/mol. The summed E-state index contributed by atoms with van der Waals surface area (Å²) in [7, 11) is 0. The maximum absolute atomic E-state index is 12.1. The molecule has 0 aromatic rings. The number of rotatable bonds is 2. The number of ketones is 1. The fourth-order valence-corrected chi connectivity index (χ4v) is 3.99. The van der Waals surface area contributed by atoms with Crippen LogP contribution in [0.1, 0.15) is 26.7 Å². The Labute approximate surface area is 109 Å². The third kappa shape index (κ3) is 1.59. The molecule has 0 amide bonds. The molecule has 18 heavy (non-hydrogen) atoms. The van der Waals surface area contributed by atoms with Gasteiger partial charge in [0.2, 0.25) is 0 Å². The largest absolute Gasteiger partial charge is 0.363 e. The van der Waals surface area contributed by atoms with Crippen LogP contribution in [0.15, 0.2) is 0 Å². The molecule has 2 saturated heterocycles. The Bertz CT molecular complexity index is 425. The van der Waals surface area contributed by atoms with Crippen LogP contribution in [0.25, 0.3) is 0 Å². The predicted molar refractivity (Wildman–Crippen MR) is 63.7 cm³/mol. The predicted octanol–water partition coefficient (Wildman–Crippen LogP) is 0.695. The lowest BCUT2D eigenvalue weighted by atomic mass is 9.70. The second kappa shape index (κ2) is 3.79. The second-order valence-corrected chi connectivity index (χ2v) is 6.74. The number of carbonyl (C=O) groups is 2. The fraction of sp³-hybridized carbons (Fsp3) is 0.833. The summed E-state index contributed by atoms with van der Waals surface area (Å²) in [6, 6.07) is 0. The molecule has 2 aliphatic heterocycles. The number of carbonyl (C=O) groups excluding carboxylic acids is 2. The van der Waals surface area contributed by atoms with Crippen molar-refractivity contribution in [2.45, 2.75) is 44.4 Å². The Morgan fingerprint density at radius 1 is 1.56 bits per heavy atom. The van der Waals surface area contributed by atoms with Gasteiger partial charge in [0.1, 0.15) is 11.4 Å². The van der Waals surface area contributed by atoms with Crippen molar-refractivity contribution < 1.29 is 24.2 Å². The van der Waals surface area contributed by atoms with Gasteiger partial charge < -0.3 is 14.6 Å². The summed E-state index contributed by atoms with van der Waals surface area (Å²) >= 11 is 1.18. The van der Waals surface area contributed by atoms with Gasteiger partial charge in [-0.2, -0.15) is 0 Å². The standard InChI is InChI=1S/C12H16O5S/c1-6(13)18-5-8-7-3-12(15)11(2,4-9(7)14)16-10(8)17-12/h7-8,10,15H,3-5H2,1-2H3/t7-,8+,10+,11+,12+/m1/s1. The van der Waals surface area contributed by atoms with Gasteiger partial charge in [-0.15, -0.1) is 0 Å². The molecule has 3 fully saturated rings. The molecule has 1 aliphatic carbocycles. The molecule has 0 unspecified atom stereocenters. The van der Waals surface area contributed by atoms with E-state index in [1.165, 1.54) is 18.7 Å². The highest BCUT2D eigenvalue weighted by Crippen LogP contribution is 2.56. The molecule has 0 aromatic carbocycles. The smallest absolute Gasteiger partial charge is 0.198 e. The molecule has 6 heteroatoms. The van der Waals surface area contributed by atoms with Crippen molar-refractivity contribution in [2.24, 2.45) is 11.8 Å². The Morgan fingerprint density at radius 3 is 2.94 bits per heavy atom. The van der Waals surface area contributed by atoms with Gasteiger partial charge >= 0.3 is 0 Å². The van der Waals surface area contributed by atoms with Crippen LogP contribution in [0.3, 0.4) is 0 Å². The van der Waals surface area contributed by atoms with Gasteiger partial charge in [-0.25, -0.2) is 0 Å². The number of aliphatic hydroxyl groups is 1. The normalized spacial score (nSPS) is 49.7. The van der Waals surface area contributed by atoms with Gasteiger partial charge in [-0.3, -0.25) is 9.59 Å².